The smallest absolute Gasteiger partial charge is 0.294 e. The first-order valence-corrected chi connectivity index (χ1v) is 19.1. The van der Waals surface area contributed by atoms with Gasteiger partial charge in [0.2, 0.25) is 6.29 Å². The van der Waals surface area contributed by atoms with E-state index in [4.69, 9.17) is 57.1 Å². The van der Waals surface area contributed by atoms with Gasteiger partial charge in [-0.05, 0) is 44.8 Å². The van der Waals surface area contributed by atoms with Gasteiger partial charge in [0.05, 0.1) is 43.4 Å². The first kappa shape index (κ1) is 46.2. The Hall–Kier alpha value is -1.89. The minimum Gasteiger partial charge on any atom is -0.467 e. The van der Waals surface area contributed by atoms with Crippen molar-refractivity contribution in [1.82, 2.24) is 16.0 Å². The second kappa shape index (κ2) is 19.7. The zero-order chi connectivity index (χ0) is 41.8. The highest BCUT2D eigenvalue weighted by molar-refractivity contribution is 5.82. The number of carbonyl (C=O) groups is 1. The zero-order valence-corrected chi connectivity index (χ0v) is 31.3. The summed E-state index contributed by atoms with van der Waals surface area (Å²) in [5.74, 6) is -5.14. The number of hydrogen-bond acceptors (Lipinski definition) is 21. The van der Waals surface area contributed by atoms with E-state index in [1.165, 1.54) is 0 Å². The predicted molar refractivity (Wildman–Crippen MR) is 190 cm³/mol. The molecule has 1 aliphatic carbocycles. The number of piperidine rings is 1. The number of aliphatic hydroxyl groups excluding tert-OH is 6. The van der Waals surface area contributed by atoms with Gasteiger partial charge in [-0.1, -0.05) is 0 Å². The Morgan fingerprint density at radius 3 is 2.23 bits per heavy atom. The topological polar surface area (TPSA) is 380 Å². The Morgan fingerprint density at radius 2 is 1.58 bits per heavy atom. The molecule has 1 unspecified atom stereocenters. The summed E-state index contributed by atoms with van der Waals surface area (Å²) in [6.45, 7) is -0.489. The van der Waals surface area contributed by atoms with E-state index in [0.717, 1.165) is 0 Å². The molecule has 5 rings (SSSR count). The number of nitrogens with two attached hydrogens (primary N) is 5. The van der Waals surface area contributed by atoms with Gasteiger partial charge < -0.3 is 109 Å². The lowest BCUT2D eigenvalue weighted by molar-refractivity contribution is -0.282. The molecule has 0 aromatic carbocycles. The third-order valence-electron chi connectivity index (χ3n) is 11.1. The number of alkyl halides is 2. The molecule has 330 valence electrons. The van der Waals surface area contributed by atoms with Gasteiger partial charge in [-0.3, -0.25) is 4.79 Å². The maximum atomic E-state index is 14.1. The molecule has 0 spiro atoms. The molecule has 5 aliphatic rings. The number of amides is 1. The SMILES string of the molecule is NC[C@@H]1O[C@H](O[C@H]2[C@@H](O)[C@H](O[C@@H]3[C@@H](O)[C@H](NC(=O)C(O)C(F)(F)CN)C[C@H](N)[C@H]3O[C@H]3OC(CNCC4(O)CCNCC4)=CC[C@H]3N)O[C@@H]2CO)[C@H](N)[C@@H](O)[C@@H]1O. The van der Waals surface area contributed by atoms with Crippen LogP contribution in [-0.2, 0) is 33.2 Å². The number of carbonyl (C=O) groups excluding carboxylic acids is 1. The molecular weight excluding hydrogens is 770 g/mol. The minimum atomic E-state index is -4.01. The third kappa shape index (κ3) is 10.7. The van der Waals surface area contributed by atoms with Crippen LogP contribution in [0, 0.1) is 0 Å². The van der Waals surface area contributed by atoms with Gasteiger partial charge in [-0.2, -0.15) is 0 Å². The van der Waals surface area contributed by atoms with Gasteiger partial charge >= 0.3 is 0 Å². The Kier molecular flexibility index (Phi) is 15.9. The number of nitrogens with one attached hydrogen (secondary N) is 3. The molecule has 22 nitrogen and oxygen atoms in total. The van der Waals surface area contributed by atoms with Crippen molar-refractivity contribution in [2.75, 3.05) is 45.9 Å². The Morgan fingerprint density at radius 1 is 0.930 bits per heavy atom. The van der Waals surface area contributed by atoms with E-state index < -0.39 is 135 Å². The van der Waals surface area contributed by atoms with Crippen LogP contribution < -0.4 is 44.6 Å². The number of aliphatic hydroxyl groups is 7. The maximum absolute atomic E-state index is 14.1. The van der Waals surface area contributed by atoms with Crippen molar-refractivity contribution >= 4 is 5.91 Å². The molecule has 1 amide bonds. The second-order valence-electron chi connectivity index (χ2n) is 15.4. The largest absolute Gasteiger partial charge is 0.467 e. The Bertz CT molecular complexity index is 1340. The summed E-state index contributed by atoms with van der Waals surface area (Å²) >= 11 is 0. The van der Waals surface area contributed by atoms with Gasteiger partial charge in [0.1, 0.15) is 60.7 Å². The Labute approximate surface area is 327 Å². The van der Waals surface area contributed by atoms with Crippen molar-refractivity contribution in [2.45, 2.75) is 141 Å². The van der Waals surface area contributed by atoms with Gasteiger partial charge in [0.15, 0.2) is 18.7 Å². The van der Waals surface area contributed by atoms with E-state index in [1.807, 2.05) is 0 Å². The summed E-state index contributed by atoms with van der Waals surface area (Å²) in [7, 11) is 0. The molecule has 0 aromatic rings. The molecule has 3 saturated heterocycles. The van der Waals surface area contributed by atoms with E-state index in [9.17, 15) is 49.3 Å². The summed E-state index contributed by atoms with van der Waals surface area (Å²) in [5.41, 5.74) is 28.7. The standard InChI is InChI=1S/C33H60F2N8O14/c34-33(35,11-37)27(49)28(50)43-16-7-15(39)24(55-29-14(38)2-1-13(52-29)9-42-12-32(51)3-5-41-6-4-32)26(20(16)45)57-31-23(48)25(18(10-44)54-31)56-30-19(40)22(47)21(46)17(8-36)53-30/h1,14-27,29-31,41-42,44-49,51H,2-12,36-40H2,(H,43,50)/t14-,15+,16-,17+,18-,19-,20+,21-,22-,23-,24-,25-,26-,27?,29-,30-,31+/m1/s1. The molecule has 20 N–H and O–H groups in total. The zero-order valence-electron chi connectivity index (χ0n) is 31.3. The van der Waals surface area contributed by atoms with Crippen molar-refractivity contribution in [1.29, 1.82) is 0 Å². The monoisotopic (exact) mass is 830 g/mol. The summed E-state index contributed by atoms with van der Waals surface area (Å²) < 4.78 is 63.9. The van der Waals surface area contributed by atoms with Crippen LogP contribution in [0.15, 0.2) is 11.8 Å². The first-order chi connectivity index (χ1) is 26.9. The third-order valence-corrected chi connectivity index (χ3v) is 11.1. The molecule has 1 saturated carbocycles. The van der Waals surface area contributed by atoms with Crippen molar-refractivity contribution in [3.05, 3.63) is 11.8 Å². The Balaban J connectivity index is 1.33. The molecule has 24 heteroatoms. The van der Waals surface area contributed by atoms with Gasteiger partial charge in [0, 0.05) is 19.1 Å². The lowest BCUT2D eigenvalue weighted by Gasteiger charge is -2.46. The highest BCUT2D eigenvalue weighted by atomic mass is 19.3. The van der Waals surface area contributed by atoms with Gasteiger partial charge in [-0.25, -0.2) is 8.78 Å². The average molecular weight is 831 g/mol. The summed E-state index contributed by atoms with van der Waals surface area (Å²) in [6, 6.07) is -4.69. The van der Waals surface area contributed by atoms with Crippen LogP contribution >= 0.6 is 0 Å². The number of hydrogen-bond donors (Lipinski definition) is 15. The highest BCUT2D eigenvalue weighted by Gasteiger charge is 2.55. The molecule has 4 heterocycles. The number of rotatable bonds is 16. The van der Waals surface area contributed by atoms with Crippen LogP contribution in [0.1, 0.15) is 25.7 Å². The van der Waals surface area contributed by atoms with Gasteiger partial charge in [-0.15, -0.1) is 0 Å². The van der Waals surface area contributed by atoms with E-state index in [-0.39, 0.29) is 25.9 Å². The number of halogens is 2. The fourth-order valence-electron chi connectivity index (χ4n) is 7.54. The van der Waals surface area contributed by atoms with E-state index in [1.54, 1.807) is 6.08 Å². The van der Waals surface area contributed by atoms with Crippen LogP contribution in [0.4, 0.5) is 8.78 Å². The van der Waals surface area contributed by atoms with Crippen LogP contribution in [-0.4, -0.2) is 203 Å². The van der Waals surface area contributed by atoms with Crippen LogP contribution in [0.5, 0.6) is 0 Å². The highest BCUT2D eigenvalue weighted by Crippen LogP contribution is 2.35. The van der Waals surface area contributed by atoms with Crippen LogP contribution in [0.25, 0.3) is 0 Å². The molecule has 0 aromatic heterocycles. The normalized spacial score (nSPS) is 41.9. The maximum Gasteiger partial charge on any atom is 0.294 e. The van der Waals surface area contributed by atoms with Crippen molar-refractivity contribution in [3.63, 3.8) is 0 Å². The van der Waals surface area contributed by atoms with Crippen LogP contribution in [0.2, 0.25) is 0 Å². The van der Waals surface area contributed by atoms with E-state index in [2.05, 4.69) is 16.0 Å². The van der Waals surface area contributed by atoms with E-state index >= 15 is 0 Å². The van der Waals surface area contributed by atoms with Gasteiger partial charge in [0.25, 0.3) is 11.8 Å². The fourth-order valence-corrected chi connectivity index (χ4v) is 7.54. The quantitative estimate of drug-likeness (QED) is 0.0687. The van der Waals surface area contributed by atoms with Crippen molar-refractivity contribution < 1.29 is 77.7 Å². The molecule has 4 fully saturated rings. The predicted octanol–water partition coefficient (Wildman–Crippen LogP) is -7.85. The molecular formula is C33H60F2N8O14. The summed E-state index contributed by atoms with van der Waals surface area (Å²) in [6.07, 6.45) is -17.9. The van der Waals surface area contributed by atoms with Crippen molar-refractivity contribution in [3.8, 4) is 0 Å². The van der Waals surface area contributed by atoms with Crippen LogP contribution in [0.3, 0.4) is 0 Å². The lowest BCUT2D eigenvalue weighted by Crippen LogP contribution is -2.67. The first-order valence-electron chi connectivity index (χ1n) is 19.1. The molecule has 57 heavy (non-hydrogen) atoms. The molecule has 17 atom stereocenters. The summed E-state index contributed by atoms with van der Waals surface area (Å²) in [5, 5.41) is 83.3. The lowest BCUT2D eigenvalue weighted by atomic mass is 9.83. The minimum absolute atomic E-state index is 0.202. The fraction of sp³-hybridized carbons (Fsp3) is 0.909. The molecule has 0 bridgehead atoms. The summed E-state index contributed by atoms with van der Waals surface area (Å²) in [4.78, 5) is 12.7. The molecule has 4 aliphatic heterocycles. The van der Waals surface area contributed by atoms with Crippen molar-refractivity contribution in [2.24, 2.45) is 28.7 Å². The number of ether oxygens (including phenoxy) is 6. The molecule has 0 radical (unpaired) electrons. The van der Waals surface area contributed by atoms with E-state index in [0.29, 0.717) is 38.2 Å². The average Bonchev–Trinajstić information content (AvgIpc) is 3.48. The second-order valence-corrected chi connectivity index (χ2v) is 15.4.